The van der Waals surface area contributed by atoms with Crippen molar-refractivity contribution >= 4 is 45.8 Å². The number of aliphatic imine (C=N–C) groups is 1. The van der Waals surface area contributed by atoms with Crippen LogP contribution in [0.5, 0.6) is 11.5 Å². The largest absolute Gasteiger partial charge is 0.497 e. The molecule has 8 heteroatoms. The maximum atomic E-state index is 13.3. The Bertz CT molecular complexity index is 1210. The summed E-state index contributed by atoms with van der Waals surface area (Å²) in [7, 11) is 3.17. The number of carbonyl (C=O) groups is 2. The molecule has 1 aliphatic heterocycles. The van der Waals surface area contributed by atoms with E-state index in [1.165, 1.54) is 11.0 Å². The highest BCUT2D eigenvalue weighted by molar-refractivity contribution is 8.19. The summed E-state index contributed by atoms with van der Waals surface area (Å²) in [5, 5.41) is 3.21. The smallest absolute Gasteiger partial charge is 0.271 e. The van der Waals surface area contributed by atoms with E-state index in [0.717, 1.165) is 11.8 Å². The van der Waals surface area contributed by atoms with Crippen LogP contribution in [0, 0.1) is 0 Å². The number of hydrogen-bond acceptors (Lipinski definition) is 6. The first-order valence-corrected chi connectivity index (χ1v) is 10.9. The lowest BCUT2D eigenvalue weighted by molar-refractivity contribution is -0.115. The average molecular weight is 460 g/mol. The van der Waals surface area contributed by atoms with Gasteiger partial charge in [-0.2, -0.15) is 0 Å². The predicted molar refractivity (Wildman–Crippen MR) is 131 cm³/mol. The molecule has 1 fully saturated rings. The Labute approximate surface area is 195 Å². The molecular formula is C25H21N3O4S. The standard InChI is InChI=1S/C25H21N3O4S/c1-31-20-12-8-18(9-13-20)27-25-28(19-10-14-21(32-2)15-11-19)24(30)22(33-25)16-23(29)26-17-6-4-3-5-7-17/h3-16H,1-2H3,(H,26,29)/b22-16-,27-25?. The molecule has 0 atom stereocenters. The van der Waals surface area contributed by atoms with Crippen LogP contribution < -0.4 is 19.7 Å². The summed E-state index contributed by atoms with van der Waals surface area (Å²) in [6.45, 7) is 0. The molecule has 0 radical (unpaired) electrons. The van der Waals surface area contributed by atoms with Gasteiger partial charge in [0.05, 0.1) is 30.5 Å². The summed E-state index contributed by atoms with van der Waals surface area (Å²) in [6.07, 6.45) is 1.30. The van der Waals surface area contributed by atoms with Crippen LogP contribution in [0.2, 0.25) is 0 Å². The number of rotatable bonds is 6. The molecule has 0 aromatic heterocycles. The van der Waals surface area contributed by atoms with E-state index in [1.54, 1.807) is 74.9 Å². The van der Waals surface area contributed by atoms with E-state index in [-0.39, 0.29) is 10.8 Å². The first kappa shape index (κ1) is 22.2. The molecule has 0 spiro atoms. The molecule has 166 valence electrons. The third-order valence-electron chi connectivity index (χ3n) is 4.74. The van der Waals surface area contributed by atoms with Crippen LogP contribution in [-0.2, 0) is 9.59 Å². The number of thioether (sulfide) groups is 1. The fourth-order valence-electron chi connectivity index (χ4n) is 3.09. The van der Waals surface area contributed by atoms with Gasteiger partial charge in [0.1, 0.15) is 11.5 Å². The summed E-state index contributed by atoms with van der Waals surface area (Å²) in [6, 6.07) is 23.3. The lowest BCUT2D eigenvalue weighted by Gasteiger charge is -2.16. The van der Waals surface area contributed by atoms with Crippen molar-refractivity contribution in [2.75, 3.05) is 24.4 Å². The molecule has 0 saturated carbocycles. The van der Waals surface area contributed by atoms with Crippen LogP contribution in [0.1, 0.15) is 0 Å². The van der Waals surface area contributed by atoms with E-state index in [0.29, 0.717) is 33.7 Å². The molecular weight excluding hydrogens is 438 g/mol. The van der Waals surface area contributed by atoms with Crippen molar-refractivity contribution in [1.82, 2.24) is 0 Å². The third-order valence-corrected chi connectivity index (χ3v) is 5.71. The van der Waals surface area contributed by atoms with Crippen molar-refractivity contribution in [3.63, 3.8) is 0 Å². The fraction of sp³-hybridized carbons (Fsp3) is 0.0800. The molecule has 1 heterocycles. The SMILES string of the molecule is COc1ccc(N=C2S/C(=C\C(=O)Nc3ccccc3)C(=O)N2c2ccc(OC)cc2)cc1. The first-order valence-electron chi connectivity index (χ1n) is 10.0. The Morgan fingerprint density at radius 3 is 2.12 bits per heavy atom. The summed E-state index contributed by atoms with van der Waals surface area (Å²) in [5.74, 6) is 0.655. The summed E-state index contributed by atoms with van der Waals surface area (Å²) in [4.78, 5) is 32.2. The number of amides is 2. The Morgan fingerprint density at radius 1 is 0.909 bits per heavy atom. The molecule has 7 nitrogen and oxygen atoms in total. The quantitative estimate of drug-likeness (QED) is 0.525. The van der Waals surface area contributed by atoms with E-state index >= 15 is 0 Å². The predicted octanol–water partition coefficient (Wildman–Crippen LogP) is 4.99. The molecule has 1 aliphatic rings. The van der Waals surface area contributed by atoms with E-state index in [4.69, 9.17) is 9.47 Å². The van der Waals surface area contributed by atoms with Crippen molar-refractivity contribution < 1.29 is 19.1 Å². The van der Waals surface area contributed by atoms with Gasteiger partial charge in [-0.1, -0.05) is 18.2 Å². The molecule has 1 saturated heterocycles. The number of methoxy groups -OCH3 is 2. The van der Waals surface area contributed by atoms with Crippen LogP contribution in [0.4, 0.5) is 17.1 Å². The van der Waals surface area contributed by atoms with Crippen LogP contribution in [0.15, 0.2) is 94.8 Å². The summed E-state index contributed by atoms with van der Waals surface area (Å²) >= 11 is 1.14. The van der Waals surface area contributed by atoms with Gasteiger partial charge in [-0.25, -0.2) is 4.99 Å². The van der Waals surface area contributed by atoms with Gasteiger partial charge in [-0.05, 0) is 72.4 Å². The zero-order chi connectivity index (χ0) is 23.2. The lowest BCUT2D eigenvalue weighted by Crippen LogP contribution is -2.28. The summed E-state index contributed by atoms with van der Waals surface area (Å²) < 4.78 is 10.4. The van der Waals surface area contributed by atoms with Crippen LogP contribution >= 0.6 is 11.8 Å². The molecule has 2 amide bonds. The number of benzene rings is 3. The lowest BCUT2D eigenvalue weighted by atomic mass is 10.2. The van der Waals surface area contributed by atoms with Crippen molar-refractivity contribution in [3.8, 4) is 11.5 Å². The number of nitrogens with one attached hydrogen (secondary N) is 1. The van der Waals surface area contributed by atoms with Crippen molar-refractivity contribution in [3.05, 3.63) is 89.8 Å². The molecule has 3 aromatic carbocycles. The topological polar surface area (TPSA) is 80.2 Å². The molecule has 3 aromatic rings. The van der Waals surface area contributed by atoms with Crippen LogP contribution in [0.3, 0.4) is 0 Å². The van der Waals surface area contributed by atoms with Gasteiger partial charge in [0.25, 0.3) is 5.91 Å². The maximum Gasteiger partial charge on any atom is 0.271 e. The number of hydrogen-bond donors (Lipinski definition) is 1. The van der Waals surface area contributed by atoms with E-state index in [2.05, 4.69) is 10.3 Å². The van der Waals surface area contributed by atoms with Gasteiger partial charge in [-0.3, -0.25) is 14.5 Å². The maximum absolute atomic E-state index is 13.3. The average Bonchev–Trinajstić information content (AvgIpc) is 3.14. The highest BCUT2D eigenvalue weighted by Crippen LogP contribution is 2.37. The molecule has 0 bridgehead atoms. The van der Waals surface area contributed by atoms with Gasteiger partial charge < -0.3 is 14.8 Å². The molecule has 0 aliphatic carbocycles. The molecule has 1 N–H and O–H groups in total. The summed E-state index contributed by atoms with van der Waals surface area (Å²) in [5.41, 5.74) is 1.92. The molecule has 33 heavy (non-hydrogen) atoms. The Hall–Kier alpha value is -4.04. The minimum atomic E-state index is -0.391. The van der Waals surface area contributed by atoms with Crippen molar-refractivity contribution in [2.45, 2.75) is 0 Å². The van der Waals surface area contributed by atoms with Gasteiger partial charge in [0.2, 0.25) is 5.91 Å². The van der Waals surface area contributed by atoms with E-state index in [9.17, 15) is 9.59 Å². The van der Waals surface area contributed by atoms with Gasteiger partial charge in [0, 0.05) is 11.8 Å². The fourth-order valence-corrected chi connectivity index (χ4v) is 4.07. The zero-order valence-corrected chi connectivity index (χ0v) is 18.8. The zero-order valence-electron chi connectivity index (χ0n) is 18.0. The van der Waals surface area contributed by atoms with Gasteiger partial charge in [-0.15, -0.1) is 0 Å². The highest BCUT2D eigenvalue weighted by Gasteiger charge is 2.35. The van der Waals surface area contributed by atoms with Crippen LogP contribution in [-0.4, -0.2) is 31.2 Å². The van der Waals surface area contributed by atoms with E-state index < -0.39 is 5.91 Å². The molecule has 4 rings (SSSR count). The minimum Gasteiger partial charge on any atom is -0.497 e. The number of amidine groups is 1. The second-order valence-corrected chi connectivity index (χ2v) is 7.91. The number of ether oxygens (including phenoxy) is 2. The van der Waals surface area contributed by atoms with Crippen molar-refractivity contribution in [2.24, 2.45) is 4.99 Å². The Balaban J connectivity index is 1.66. The van der Waals surface area contributed by atoms with Crippen LogP contribution in [0.25, 0.3) is 0 Å². The second kappa shape index (κ2) is 10.1. The van der Waals surface area contributed by atoms with Crippen molar-refractivity contribution in [1.29, 1.82) is 0 Å². The highest BCUT2D eigenvalue weighted by atomic mass is 32.2. The normalized spacial score (nSPS) is 15.7. The van der Waals surface area contributed by atoms with E-state index in [1.807, 2.05) is 18.2 Å². The minimum absolute atomic E-state index is 0.270. The Kier molecular flexibility index (Phi) is 6.75. The first-order chi connectivity index (χ1) is 16.1. The second-order valence-electron chi connectivity index (χ2n) is 6.90. The van der Waals surface area contributed by atoms with Gasteiger partial charge in [0.15, 0.2) is 5.17 Å². The number of nitrogens with zero attached hydrogens (tertiary/aromatic N) is 2. The number of carbonyl (C=O) groups excluding carboxylic acids is 2. The number of para-hydroxylation sites is 1. The monoisotopic (exact) mass is 459 g/mol. The Morgan fingerprint density at radius 2 is 1.52 bits per heavy atom. The number of anilines is 2. The third kappa shape index (κ3) is 5.24. The van der Waals surface area contributed by atoms with Gasteiger partial charge >= 0.3 is 0 Å². The molecule has 0 unspecified atom stereocenters.